The average Bonchev–Trinajstić information content (AvgIpc) is 3.04. The molecule has 0 radical (unpaired) electrons. The first-order valence-corrected chi connectivity index (χ1v) is 10.1. The van der Waals surface area contributed by atoms with Gasteiger partial charge in [0.05, 0.1) is 22.6 Å². The van der Waals surface area contributed by atoms with Crippen molar-refractivity contribution in [2.75, 3.05) is 22.5 Å². The zero-order valence-electron chi connectivity index (χ0n) is 15.9. The van der Waals surface area contributed by atoms with Crippen LogP contribution in [0.2, 0.25) is 0 Å². The predicted molar refractivity (Wildman–Crippen MR) is 118 cm³/mol. The SMILES string of the molecule is Cc1ccc2cc3c(N)c(C(=O)N4CC(=O)Nc5ccccc54)sc3nc2c1C. The summed E-state index contributed by atoms with van der Waals surface area (Å²) in [7, 11) is 0. The molecule has 0 spiro atoms. The lowest BCUT2D eigenvalue weighted by molar-refractivity contribution is -0.115. The second kappa shape index (κ2) is 6.28. The fourth-order valence-corrected chi connectivity index (χ4v) is 4.73. The van der Waals surface area contributed by atoms with Crippen LogP contribution in [0.5, 0.6) is 0 Å². The fraction of sp³-hybridized carbons (Fsp3) is 0.136. The molecule has 0 aliphatic carbocycles. The van der Waals surface area contributed by atoms with Crippen molar-refractivity contribution in [1.29, 1.82) is 0 Å². The summed E-state index contributed by atoms with van der Waals surface area (Å²) >= 11 is 1.27. The number of fused-ring (bicyclic) bond motifs is 3. The van der Waals surface area contributed by atoms with Gasteiger partial charge in [0.15, 0.2) is 0 Å². The number of hydrogen-bond donors (Lipinski definition) is 2. The molecular weight excluding hydrogens is 384 g/mol. The Hall–Kier alpha value is -3.45. The molecule has 0 saturated carbocycles. The minimum Gasteiger partial charge on any atom is -0.397 e. The minimum absolute atomic E-state index is 0.0444. The van der Waals surface area contributed by atoms with E-state index in [4.69, 9.17) is 10.7 Å². The molecule has 0 fully saturated rings. The van der Waals surface area contributed by atoms with E-state index in [1.54, 1.807) is 6.07 Å². The van der Waals surface area contributed by atoms with E-state index >= 15 is 0 Å². The zero-order valence-corrected chi connectivity index (χ0v) is 16.8. The number of anilines is 3. The molecular formula is C22H18N4O2S. The molecule has 144 valence electrons. The first-order valence-electron chi connectivity index (χ1n) is 9.23. The molecule has 4 aromatic rings. The standard InChI is InChI=1S/C22H18N4O2S/c1-11-7-8-13-9-14-18(23)20(29-21(14)25-19(13)12(11)2)22(28)26-10-17(27)24-15-5-3-4-6-16(15)26/h3-9H,10,23H2,1-2H3,(H,24,27). The number of nitrogens with one attached hydrogen (secondary N) is 1. The van der Waals surface area contributed by atoms with E-state index in [2.05, 4.69) is 18.3 Å². The van der Waals surface area contributed by atoms with E-state index in [9.17, 15) is 9.59 Å². The number of nitrogens with two attached hydrogens (primary N) is 1. The Balaban J connectivity index is 1.66. The van der Waals surface area contributed by atoms with Gasteiger partial charge in [0.25, 0.3) is 5.91 Å². The van der Waals surface area contributed by atoms with Crippen molar-refractivity contribution in [3.8, 4) is 0 Å². The van der Waals surface area contributed by atoms with Crippen molar-refractivity contribution in [1.82, 2.24) is 4.98 Å². The molecule has 2 aromatic carbocycles. The Morgan fingerprint density at radius 3 is 2.83 bits per heavy atom. The number of benzene rings is 2. The molecule has 1 aliphatic heterocycles. The van der Waals surface area contributed by atoms with Gasteiger partial charge in [-0.05, 0) is 43.2 Å². The van der Waals surface area contributed by atoms with Gasteiger partial charge in [-0.1, -0.05) is 24.3 Å². The highest BCUT2D eigenvalue weighted by atomic mass is 32.1. The molecule has 2 amide bonds. The van der Waals surface area contributed by atoms with E-state index in [0.29, 0.717) is 21.9 Å². The summed E-state index contributed by atoms with van der Waals surface area (Å²) in [5.74, 6) is -0.517. The van der Waals surface area contributed by atoms with Crippen LogP contribution in [0.25, 0.3) is 21.1 Å². The minimum atomic E-state index is -0.287. The zero-order chi connectivity index (χ0) is 20.3. The van der Waals surface area contributed by atoms with Gasteiger partial charge in [-0.25, -0.2) is 4.98 Å². The lowest BCUT2D eigenvalue weighted by Gasteiger charge is -2.28. The van der Waals surface area contributed by atoms with Gasteiger partial charge >= 0.3 is 0 Å². The van der Waals surface area contributed by atoms with Crippen LogP contribution in [0.4, 0.5) is 17.1 Å². The summed E-state index contributed by atoms with van der Waals surface area (Å²) in [6, 6.07) is 13.3. The number of aryl methyl sites for hydroxylation is 2. The maximum absolute atomic E-state index is 13.4. The van der Waals surface area contributed by atoms with Crippen LogP contribution in [0.3, 0.4) is 0 Å². The van der Waals surface area contributed by atoms with Crippen LogP contribution >= 0.6 is 11.3 Å². The maximum Gasteiger partial charge on any atom is 0.271 e. The molecule has 2 aromatic heterocycles. The van der Waals surface area contributed by atoms with Crippen molar-refractivity contribution in [3.63, 3.8) is 0 Å². The molecule has 3 heterocycles. The van der Waals surface area contributed by atoms with Crippen LogP contribution in [-0.2, 0) is 4.79 Å². The largest absolute Gasteiger partial charge is 0.397 e. The summed E-state index contributed by atoms with van der Waals surface area (Å²) in [6.07, 6.45) is 0. The molecule has 0 bridgehead atoms. The first-order chi connectivity index (χ1) is 13.9. The van der Waals surface area contributed by atoms with Crippen LogP contribution in [0.15, 0.2) is 42.5 Å². The predicted octanol–water partition coefficient (Wildman–Crippen LogP) is 4.25. The molecule has 0 unspecified atom stereocenters. The summed E-state index contributed by atoms with van der Waals surface area (Å²) < 4.78 is 0. The van der Waals surface area contributed by atoms with Crippen molar-refractivity contribution in [3.05, 3.63) is 58.5 Å². The molecule has 0 saturated heterocycles. The van der Waals surface area contributed by atoms with Crippen molar-refractivity contribution < 1.29 is 9.59 Å². The van der Waals surface area contributed by atoms with Crippen molar-refractivity contribution >= 4 is 61.3 Å². The smallest absolute Gasteiger partial charge is 0.271 e. The number of para-hydroxylation sites is 2. The topological polar surface area (TPSA) is 88.3 Å². The molecule has 7 heteroatoms. The van der Waals surface area contributed by atoms with E-state index < -0.39 is 0 Å². The molecule has 29 heavy (non-hydrogen) atoms. The van der Waals surface area contributed by atoms with Crippen LogP contribution < -0.4 is 16.0 Å². The van der Waals surface area contributed by atoms with Crippen LogP contribution in [0.1, 0.15) is 20.8 Å². The van der Waals surface area contributed by atoms with Crippen molar-refractivity contribution in [2.24, 2.45) is 0 Å². The van der Waals surface area contributed by atoms with Gasteiger partial charge in [-0.2, -0.15) is 0 Å². The molecule has 0 atom stereocenters. The summed E-state index contributed by atoms with van der Waals surface area (Å²) in [4.78, 5) is 32.9. The quantitative estimate of drug-likeness (QED) is 0.498. The van der Waals surface area contributed by atoms with Gasteiger partial charge in [0.1, 0.15) is 16.3 Å². The van der Waals surface area contributed by atoms with Crippen LogP contribution in [-0.4, -0.2) is 23.3 Å². The number of nitrogens with zero attached hydrogens (tertiary/aromatic N) is 2. The normalized spacial score (nSPS) is 13.6. The molecule has 6 nitrogen and oxygen atoms in total. The number of rotatable bonds is 1. The second-order valence-electron chi connectivity index (χ2n) is 7.22. The van der Waals surface area contributed by atoms with Crippen molar-refractivity contribution in [2.45, 2.75) is 13.8 Å². The van der Waals surface area contributed by atoms with Gasteiger partial charge in [0, 0.05) is 10.8 Å². The Morgan fingerprint density at radius 1 is 1.21 bits per heavy atom. The first kappa shape index (κ1) is 17.6. The summed E-state index contributed by atoms with van der Waals surface area (Å²) in [5, 5.41) is 4.56. The van der Waals surface area contributed by atoms with Gasteiger partial charge in [-0.3, -0.25) is 14.5 Å². The number of carbonyl (C=O) groups is 2. The van der Waals surface area contributed by atoms with Gasteiger partial charge in [0.2, 0.25) is 5.91 Å². The Morgan fingerprint density at radius 2 is 2.00 bits per heavy atom. The maximum atomic E-state index is 13.4. The average molecular weight is 402 g/mol. The highest BCUT2D eigenvalue weighted by Gasteiger charge is 2.30. The molecule has 5 rings (SSSR count). The number of hydrogen-bond acceptors (Lipinski definition) is 5. The lowest BCUT2D eigenvalue weighted by Crippen LogP contribution is -2.42. The van der Waals surface area contributed by atoms with E-state index in [-0.39, 0.29) is 18.4 Å². The highest BCUT2D eigenvalue weighted by Crippen LogP contribution is 2.38. The third-order valence-electron chi connectivity index (χ3n) is 5.42. The monoisotopic (exact) mass is 402 g/mol. The molecule has 3 N–H and O–H groups in total. The third kappa shape index (κ3) is 2.66. The Labute approximate surface area is 171 Å². The number of aromatic nitrogens is 1. The van der Waals surface area contributed by atoms with E-state index in [0.717, 1.165) is 26.7 Å². The number of amides is 2. The number of carbonyl (C=O) groups excluding carboxylic acids is 2. The highest BCUT2D eigenvalue weighted by molar-refractivity contribution is 7.21. The van der Waals surface area contributed by atoms with Gasteiger partial charge in [-0.15, -0.1) is 11.3 Å². The lowest BCUT2D eigenvalue weighted by atomic mass is 10.0. The summed E-state index contributed by atoms with van der Waals surface area (Å²) in [6.45, 7) is 4.05. The summed E-state index contributed by atoms with van der Waals surface area (Å²) in [5.41, 5.74) is 11.3. The van der Waals surface area contributed by atoms with Crippen LogP contribution in [0, 0.1) is 13.8 Å². The van der Waals surface area contributed by atoms with E-state index in [1.165, 1.54) is 21.8 Å². The second-order valence-corrected chi connectivity index (χ2v) is 8.22. The van der Waals surface area contributed by atoms with Gasteiger partial charge < -0.3 is 11.1 Å². The Kier molecular flexibility index (Phi) is 3.82. The number of thiophene rings is 1. The van der Waals surface area contributed by atoms with E-state index in [1.807, 2.05) is 37.3 Å². The number of nitrogen functional groups attached to an aromatic ring is 1. The fourth-order valence-electron chi connectivity index (χ4n) is 3.71. The Bertz CT molecular complexity index is 1340. The number of pyridine rings is 1. The third-order valence-corrected chi connectivity index (χ3v) is 6.52. The molecule has 1 aliphatic rings.